The van der Waals surface area contributed by atoms with Gasteiger partial charge in [0.15, 0.2) is 0 Å². The van der Waals surface area contributed by atoms with Crippen molar-refractivity contribution < 1.29 is 55.1 Å². The van der Waals surface area contributed by atoms with E-state index in [1.165, 1.54) is 18.2 Å². The molecule has 2 aliphatic heterocycles. The van der Waals surface area contributed by atoms with E-state index in [0.29, 0.717) is 24.2 Å². The Kier molecular flexibility index (Phi) is 8.45. The molecule has 236 valence electrons. The van der Waals surface area contributed by atoms with Crippen LogP contribution in [0, 0.1) is 0 Å². The topological polar surface area (TPSA) is 190 Å². The number of aliphatic hydroxyl groups is 4. The summed E-state index contributed by atoms with van der Waals surface area (Å²) in [6, 6.07) is 21.0. The van der Waals surface area contributed by atoms with E-state index in [2.05, 4.69) is 0 Å². The van der Waals surface area contributed by atoms with Gasteiger partial charge < -0.3 is 55.1 Å². The molecule has 7 atom stereocenters. The van der Waals surface area contributed by atoms with Gasteiger partial charge in [0.1, 0.15) is 65.0 Å². The van der Waals surface area contributed by atoms with Crippen molar-refractivity contribution in [2.45, 2.75) is 55.6 Å². The Labute approximate surface area is 258 Å². The fourth-order valence-corrected chi connectivity index (χ4v) is 6.04. The minimum atomic E-state index is -1.62. The molecule has 8 N–H and O–H groups in total. The molecule has 1 saturated heterocycles. The largest absolute Gasteiger partial charge is 0.508 e. The minimum absolute atomic E-state index is 0.0746. The van der Waals surface area contributed by atoms with Gasteiger partial charge in [-0.25, -0.2) is 0 Å². The molecule has 0 radical (unpaired) electrons. The molecule has 0 bridgehead atoms. The normalized spacial score (nSPS) is 25.8. The van der Waals surface area contributed by atoms with Crippen molar-refractivity contribution in [1.82, 2.24) is 0 Å². The molecular weight excluding hydrogens is 584 g/mol. The molecule has 2 heterocycles. The maximum absolute atomic E-state index is 10.6. The summed E-state index contributed by atoms with van der Waals surface area (Å²) in [7, 11) is 0. The first kappa shape index (κ1) is 30.5. The van der Waals surface area contributed by atoms with Crippen molar-refractivity contribution in [1.29, 1.82) is 0 Å². The van der Waals surface area contributed by atoms with Crippen molar-refractivity contribution >= 4 is 0 Å². The quantitative estimate of drug-likeness (QED) is 0.145. The first-order valence-electron chi connectivity index (χ1n) is 14.5. The number of aryl methyl sites for hydroxylation is 2. The number of fused-ring (bicyclic) bond motifs is 1. The van der Waals surface area contributed by atoms with Crippen LogP contribution in [0.3, 0.4) is 0 Å². The lowest BCUT2D eigenvalue weighted by Gasteiger charge is -2.39. The van der Waals surface area contributed by atoms with Gasteiger partial charge in [-0.3, -0.25) is 0 Å². The van der Waals surface area contributed by atoms with Crippen LogP contribution in [0.5, 0.6) is 34.5 Å². The molecule has 1 fully saturated rings. The van der Waals surface area contributed by atoms with Crippen molar-refractivity contribution in [3.63, 3.8) is 0 Å². The number of phenolic OH excluding ortho intramolecular Hbond substituents is 4. The molecule has 0 aliphatic carbocycles. The van der Waals surface area contributed by atoms with Crippen LogP contribution in [0.25, 0.3) is 0 Å². The maximum Gasteiger partial charge on any atom is 0.229 e. The Morgan fingerprint density at radius 2 is 1.29 bits per heavy atom. The maximum atomic E-state index is 10.6. The van der Waals surface area contributed by atoms with Gasteiger partial charge in [0.05, 0.1) is 12.5 Å². The molecule has 45 heavy (non-hydrogen) atoms. The van der Waals surface area contributed by atoms with E-state index in [9.17, 15) is 40.9 Å². The lowest BCUT2D eigenvalue weighted by Crippen LogP contribution is -2.60. The van der Waals surface area contributed by atoms with Gasteiger partial charge >= 0.3 is 0 Å². The first-order chi connectivity index (χ1) is 21.6. The van der Waals surface area contributed by atoms with Gasteiger partial charge in [-0.15, -0.1) is 0 Å². The molecule has 0 aromatic heterocycles. The molecule has 11 nitrogen and oxygen atoms in total. The fraction of sp³-hybridized carbons (Fsp3) is 0.294. The molecule has 2 aliphatic rings. The first-order valence-corrected chi connectivity index (χ1v) is 14.5. The van der Waals surface area contributed by atoms with Crippen LogP contribution in [0.15, 0.2) is 78.9 Å². The van der Waals surface area contributed by atoms with E-state index in [1.54, 1.807) is 48.5 Å². The van der Waals surface area contributed by atoms with E-state index in [0.717, 1.165) is 22.3 Å². The average Bonchev–Trinajstić information content (AvgIpc) is 3.40. The Hall–Kier alpha value is -4.52. The summed E-state index contributed by atoms with van der Waals surface area (Å²) in [5, 5.41) is 81.2. The smallest absolute Gasteiger partial charge is 0.229 e. The number of aromatic hydroxyl groups is 4. The zero-order valence-corrected chi connectivity index (χ0v) is 24.0. The zero-order chi connectivity index (χ0) is 31.8. The van der Waals surface area contributed by atoms with Crippen LogP contribution in [0.4, 0.5) is 0 Å². The van der Waals surface area contributed by atoms with E-state index in [4.69, 9.17) is 14.2 Å². The fourth-order valence-electron chi connectivity index (χ4n) is 6.04. The van der Waals surface area contributed by atoms with E-state index >= 15 is 0 Å². The molecule has 7 unspecified atom stereocenters. The van der Waals surface area contributed by atoms with E-state index in [1.807, 2.05) is 12.1 Å². The monoisotopic (exact) mass is 618 g/mol. The van der Waals surface area contributed by atoms with Crippen LogP contribution in [0.1, 0.15) is 39.8 Å². The number of phenols is 4. The summed E-state index contributed by atoms with van der Waals surface area (Å²) in [5.74, 6) is 0.0892. The number of ether oxygens (including phenoxy) is 3. The minimum Gasteiger partial charge on any atom is -0.508 e. The molecule has 11 heteroatoms. The second kappa shape index (κ2) is 12.5. The summed E-state index contributed by atoms with van der Waals surface area (Å²) >= 11 is 0. The van der Waals surface area contributed by atoms with Crippen LogP contribution in [-0.4, -0.2) is 78.2 Å². The highest BCUT2D eigenvalue weighted by molar-refractivity contribution is 5.58. The second-order valence-electron chi connectivity index (χ2n) is 11.4. The molecule has 0 saturated carbocycles. The van der Waals surface area contributed by atoms with Gasteiger partial charge in [-0.2, -0.15) is 0 Å². The molecule has 6 rings (SSSR count). The van der Waals surface area contributed by atoms with E-state index < -0.39 is 49.3 Å². The molecule has 4 aromatic rings. The van der Waals surface area contributed by atoms with Crippen molar-refractivity contribution in [3.8, 4) is 34.5 Å². The summed E-state index contributed by atoms with van der Waals surface area (Å²) in [5.41, 5.74) is 3.78. The third-order valence-electron chi connectivity index (χ3n) is 8.29. The lowest BCUT2D eigenvalue weighted by molar-refractivity contribution is -0.277. The van der Waals surface area contributed by atoms with Gasteiger partial charge in [-0.1, -0.05) is 24.3 Å². The number of hydrogen-bond donors (Lipinski definition) is 8. The molecular formula is C34H34O11. The Balaban J connectivity index is 1.44. The zero-order valence-electron chi connectivity index (χ0n) is 24.0. The summed E-state index contributed by atoms with van der Waals surface area (Å²) in [4.78, 5) is 0. The number of benzene rings is 4. The van der Waals surface area contributed by atoms with Gasteiger partial charge in [0.25, 0.3) is 0 Å². The Bertz CT molecular complexity index is 1620. The number of aliphatic hydroxyl groups excluding tert-OH is 4. The highest BCUT2D eigenvalue weighted by atomic mass is 16.7. The standard InChI is InChI=1S/C34H34O11/c35-16-27-30(40)31(41)32(42)34(45-27)43-25-13-19(4-1-17-2-7-21(36)8-3-17)28-26(15-25)44-33(18-5-9-22(37)10-6-18)29(28)20-11-23(38)14-24(39)12-20/h2-3,5-15,27,29-42H,1,4,16H2. The summed E-state index contributed by atoms with van der Waals surface area (Å²) in [6.45, 7) is -0.608. The van der Waals surface area contributed by atoms with Crippen LogP contribution < -0.4 is 9.47 Å². The van der Waals surface area contributed by atoms with Crippen LogP contribution in [0.2, 0.25) is 0 Å². The van der Waals surface area contributed by atoms with Crippen molar-refractivity contribution in [3.05, 3.63) is 107 Å². The molecule has 4 aromatic carbocycles. The average molecular weight is 619 g/mol. The van der Waals surface area contributed by atoms with Gasteiger partial charge in [-0.05, 0) is 77.6 Å². The Morgan fingerprint density at radius 1 is 0.644 bits per heavy atom. The third-order valence-corrected chi connectivity index (χ3v) is 8.29. The second-order valence-corrected chi connectivity index (χ2v) is 11.4. The predicted octanol–water partition coefficient (Wildman–Crippen LogP) is 2.74. The Morgan fingerprint density at radius 3 is 1.93 bits per heavy atom. The highest BCUT2D eigenvalue weighted by Crippen LogP contribution is 2.53. The highest BCUT2D eigenvalue weighted by Gasteiger charge is 2.45. The van der Waals surface area contributed by atoms with E-state index in [-0.39, 0.29) is 28.7 Å². The van der Waals surface area contributed by atoms with Crippen LogP contribution >= 0.6 is 0 Å². The number of hydrogen-bond acceptors (Lipinski definition) is 11. The predicted molar refractivity (Wildman–Crippen MR) is 159 cm³/mol. The van der Waals surface area contributed by atoms with Gasteiger partial charge in [0.2, 0.25) is 6.29 Å². The molecule has 0 spiro atoms. The molecule has 0 amide bonds. The van der Waals surface area contributed by atoms with Gasteiger partial charge in [0, 0.05) is 17.7 Å². The van der Waals surface area contributed by atoms with Crippen molar-refractivity contribution in [2.75, 3.05) is 6.61 Å². The van der Waals surface area contributed by atoms with Crippen molar-refractivity contribution in [2.24, 2.45) is 0 Å². The third kappa shape index (κ3) is 6.21. The van der Waals surface area contributed by atoms with Crippen LogP contribution in [-0.2, 0) is 17.6 Å². The SMILES string of the molecule is OCC1OC(Oc2cc(CCc3ccc(O)cc3)c3c(c2)OC(c2ccc(O)cc2)C3c2cc(O)cc(O)c2)C(O)C(O)C1O. The number of rotatable bonds is 8. The lowest BCUT2D eigenvalue weighted by atomic mass is 9.81. The summed E-state index contributed by atoms with van der Waals surface area (Å²) < 4.78 is 18.1. The summed E-state index contributed by atoms with van der Waals surface area (Å²) in [6.07, 6.45) is -6.99.